The molecule has 1 fully saturated rings. The van der Waals surface area contributed by atoms with E-state index in [4.69, 9.17) is 0 Å². The maximum absolute atomic E-state index is 11.5. The van der Waals surface area contributed by atoms with Crippen LogP contribution >= 0.6 is 0 Å². The summed E-state index contributed by atoms with van der Waals surface area (Å²) in [6.45, 7) is 2.74. The van der Waals surface area contributed by atoms with Crippen LogP contribution in [0.25, 0.3) is 0 Å². The van der Waals surface area contributed by atoms with Gasteiger partial charge in [-0.2, -0.15) is 5.10 Å². The molecule has 1 aliphatic rings. The number of hydrogen-bond acceptors (Lipinski definition) is 3. The summed E-state index contributed by atoms with van der Waals surface area (Å²) in [6.07, 6.45) is 6.46. The van der Waals surface area contributed by atoms with Gasteiger partial charge in [-0.05, 0) is 25.2 Å². The molecule has 0 unspecified atom stereocenters. The molecule has 1 saturated carbocycles. The Morgan fingerprint density at radius 1 is 1.56 bits per heavy atom. The highest BCUT2D eigenvalue weighted by molar-refractivity contribution is 7.92. The summed E-state index contributed by atoms with van der Waals surface area (Å²) in [7, 11) is -3.19. The predicted octanol–water partition coefficient (Wildman–Crippen LogP) is 1.44. The second-order valence-electron chi connectivity index (χ2n) is 4.32. The fraction of sp³-hybridized carbons (Fsp3) is 0.700. The van der Waals surface area contributed by atoms with Crippen LogP contribution < -0.4 is 4.72 Å². The molecule has 1 aromatic heterocycles. The number of rotatable bonds is 6. The fourth-order valence-corrected chi connectivity index (χ4v) is 2.68. The van der Waals surface area contributed by atoms with Crippen molar-refractivity contribution >= 4 is 15.7 Å². The van der Waals surface area contributed by atoms with Gasteiger partial charge in [0.15, 0.2) is 0 Å². The molecule has 1 N–H and O–H groups in total. The lowest BCUT2D eigenvalue weighted by Crippen LogP contribution is -2.15. The molecule has 5 nitrogen and oxygen atoms in total. The quantitative estimate of drug-likeness (QED) is 0.822. The van der Waals surface area contributed by atoms with Gasteiger partial charge in [0.05, 0.1) is 17.6 Å². The standard InChI is InChI=1S/C10H17N3O2S/c1-2-5-16(14,15)12-10-6-11-13(8-10)7-9-3-4-9/h6,8-9,12H,2-5,7H2,1H3. The number of nitrogens with one attached hydrogen (secondary N) is 1. The molecular formula is C10H17N3O2S. The first kappa shape index (κ1) is 11.4. The lowest BCUT2D eigenvalue weighted by atomic mass is 10.4. The Morgan fingerprint density at radius 2 is 2.31 bits per heavy atom. The molecule has 6 heteroatoms. The average Bonchev–Trinajstić information content (AvgIpc) is 2.87. The lowest BCUT2D eigenvalue weighted by Gasteiger charge is -2.03. The van der Waals surface area contributed by atoms with Crippen LogP contribution in [-0.4, -0.2) is 24.0 Å². The van der Waals surface area contributed by atoms with Crippen molar-refractivity contribution in [2.75, 3.05) is 10.5 Å². The molecular weight excluding hydrogens is 226 g/mol. The topological polar surface area (TPSA) is 64.0 Å². The largest absolute Gasteiger partial charge is 0.280 e. The van der Waals surface area contributed by atoms with Crippen molar-refractivity contribution in [2.24, 2.45) is 5.92 Å². The molecule has 0 bridgehead atoms. The summed E-state index contributed by atoms with van der Waals surface area (Å²) in [4.78, 5) is 0. The maximum atomic E-state index is 11.5. The Hall–Kier alpha value is -1.04. The van der Waals surface area contributed by atoms with Gasteiger partial charge < -0.3 is 0 Å². The minimum Gasteiger partial charge on any atom is -0.280 e. The first-order valence-corrected chi connectivity index (χ1v) is 7.27. The zero-order chi connectivity index (χ0) is 11.6. The van der Waals surface area contributed by atoms with E-state index in [1.807, 2.05) is 11.6 Å². The molecule has 2 rings (SSSR count). The van der Waals surface area contributed by atoms with E-state index < -0.39 is 10.0 Å². The van der Waals surface area contributed by atoms with Crippen molar-refractivity contribution < 1.29 is 8.42 Å². The van der Waals surface area contributed by atoms with E-state index in [1.54, 1.807) is 12.4 Å². The third kappa shape index (κ3) is 3.23. The van der Waals surface area contributed by atoms with Crippen molar-refractivity contribution in [1.82, 2.24) is 9.78 Å². The molecule has 16 heavy (non-hydrogen) atoms. The van der Waals surface area contributed by atoms with Crippen molar-refractivity contribution in [2.45, 2.75) is 32.7 Å². The van der Waals surface area contributed by atoms with Crippen LogP contribution in [0.1, 0.15) is 26.2 Å². The third-order valence-corrected chi connectivity index (χ3v) is 4.01. The summed E-state index contributed by atoms with van der Waals surface area (Å²) in [6, 6.07) is 0. The van der Waals surface area contributed by atoms with Crippen LogP contribution in [0.15, 0.2) is 12.4 Å². The normalized spacial score (nSPS) is 16.3. The number of sulfonamides is 1. The molecule has 0 atom stereocenters. The highest BCUT2D eigenvalue weighted by Gasteiger charge is 2.22. The summed E-state index contributed by atoms with van der Waals surface area (Å²) in [5, 5.41) is 4.13. The smallest absolute Gasteiger partial charge is 0.232 e. The van der Waals surface area contributed by atoms with Gasteiger partial charge in [-0.25, -0.2) is 8.42 Å². The molecule has 1 heterocycles. The summed E-state index contributed by atoms with van der Waals surface area (Å²) in [5.41, 5.74) is 0.564. The van der Waals surface area contributed by atoms with E-state index in [0.717, 1.165) is 12.5 Å². The molecule has 1 aliphatic carbocycles. The van der Waals surface area contributed by atoms with Crippen LogP contribution in [0.3, 0.4) is 0 Å². The average molecular weight is 243 g/mol. The Balaban J connectivity index is 1.96. The van der Waals surface area contributed by atoms with Crippen LogP contribution in [0.2, 0.25) is 0 Å². The van der Waals surface area contributed by atoms with E-state index in [2.05, 4.69) is 9.82 Å². The van der Waals surface area contributed by atoms with Gasteiger partial charge in [-0.15, -0.1) is 0 Å². The molecule has 1 aromatic rings. The number of nitrogens with zero attached hydrogens (tertiary/aromatic N) is 2. The summed E-state index contributed by atoms with van der Waals surface area (Å²) < 4.78 is 27.3. The van der Waals surface area contributed by atoms with Crippen molar-refractivity contribution in [1.29, 1.82) is 0 Å². The first-order chi connectivity index (χ1) is 7.59. The minimum absolute atomic E-state index is 0.154. The fourth-order valence-electron chi connectivity index (χ4n) is 1.58. The van der Waals surface area contributed by atoms with E-state index in [1.165, 1.54) is 12.8 Å². The maximum Gasteiger partial charge on any atom is 0.232 e. The van der Waals surface area contributed by atoms with Crippen molar-refractivity contribution in [3.63, 3.8) is 0 Å². The van der Waals surface area contributed by atoms with Gasteiger partial charge in [-0.3, -0.25) is 9.40 Å². The Bertz CT molecular complexity index is 448. The highest BCUT2D eigenvalue weighted by atomic mass is 32.2. The van der Waals surface area contributed by atoms with E-state index in [-0.39, 0.29) is 5.75 Å². The van der Waals surface area contributed by atoms with Crippen LogP contribution in [0.5, 0.6) is 0 Å². The molecule has 90 valence electrons. The van der Waals surface area contributed by atoms with Crippen LogP contribution in [-0.2, 0) is 16.6 Å². The van der Waals surface area contributed by atoms with Gasteiger partial charge >= 0.3 is 0 Å². The molecule has 0 aromatic carbocycles. The summed E-state index contributed by atoms with van der Waals surface area (Å²) in [5.74, 6) is 0.890. The SMILES string of the molecule is CCCS(=O)(=O)Nc1cnn(CC2CC2)c1. The number of anilines is 1. The molecule has 0 aliphatic heterocycles. The minimum atomic E-state index is -3.19. The highest BCUT2D eigenvalue weighted by Crippen LogP contribution is 2.30. The third-order valence-electron chi connectivity index (χ3n) is 2.52. The monoisotopic (exact) mass is 243 g/mol. The summed E-state index contributed by atoms with van der Waals surface area (Å²) >= 11 is 0. The van der Waals surface area contributed by atoms with E-state index >= 15 is 0 Å². The van der Waals surface area contributed by atoms with Crippen LogP contribution in [0.4, 0.5) is 5.69 Å². The molecule has 0 saturated heterocycles. The molecule has 0 radical (unpaired) electrons. The Morgan fingerprint density at radius 3 is 2.94 bits per heavy atom. The van der Waals surface area contributed by atoms with Crippen molar-refractivity contribution in [3.8, 4) is 0 Å². The van der Waals surface area contributed by atoms with Gasteiger partial charge in [0.25, 0.3) is 0 Å². The zero-order valence-electron chi connectivity index (χ0n) is 9.39. The second-order valence-corrected chi connectivity index (χ2v) is 6.16. The van der Waals surface area contributed by atoms with Gasteiger partial charge in [0.2, 0.25) is 10.0 Å². The van der Waals surface area contributed by atoms with E-state index in [9.17, 15) is 8.42 Å². The van der Waals surface area contributed by atoms with Crippen molar-refractivity contribution in [3.05, 3.63) is 12.4 Å². The first-order valence-electron chi connectivity index (χ1n) is 5.62. The number of aromatic nitrogens is 2. The Kier molecular flexibility index (Phi) is 3.18. The molecule has 0 spiro atoms. The van der Waals surface area contributed by atoms with Gasteiger partial charge in [0, 0.05) is 12.7 Å². The lowest BCUT2D eigenvalue weighted by molar-refractivity contribution is 0.563. The van der Waals surface area contributed by atoms with Crippen LogP contribution in [0, 0.1) is 5.92 Å². The van der Waals surface area contributed by atoms with Gasteiger partial charge in [-0.1, -0.05) is 6.92 Å². The Labute approximate surface area is 95.9 Å². The van der Waals surface area contributed by atoms with E-state index in [0.29, 0.717) is 12.1 Å². The second kappa shape index (κ2) is 4.45. The predicted molar refractivity (Wildman–Crippen MR) is 62.7 cm³/mol. The molecule has 0 amide bonds. The zero-order valence-corrected chi connectivity index (χ0v) is 10.2. The number of hydrogen-bond donors (Lipinski definition) is 1. The van der Waals surface area contributed by atoms with Gasteiger partial charge in [0.1, 0.15) is 0 Å².